The van der Waals surface area contributed by atoms with E-state index >= 15 is 0 Å². The maximum atomic E-state index is 5.06. The van der Waals surface area contributed by atoms with E-state index in [1.54, 1.807) is 11.3 Å². The van der Waals surface area contributed by atoms with Gasteiger partial charge >= 0.3 is 0 Å². The Labute approximate surface area is 81.9 Å². The van der Waals surface area contributed by atoms with Crippen molar-refractivity contribution >= 4 is 11.3 Å². The Bertz CT molecular complexity index is 283. The van der Waals surface area contributed by atoms with Crippen molar-refractivity contribution in [2.45, 2.75) is 31.6 Å². The molecule has 1 aromatic rings. The molecular weight excluding hydrogens is 184 g/mol. The molecule has 0 aromatic carbocycles. The second-order valence-electron chi connectivity index (χ2n) is 3.61. The largest absolute Gasteiger partial charge is 0.304 e. The smallest absolute Gasteiger partial charge is 0.0797 e. The summed E-state index contributed by atoms with van der Waals surface area (Å²) < 4.78 is 0. The van der Waals surface area contributed by atoms with Crippen molar-refractivity contribution in [2.24, 2.45) is 5.90 Å². The van der Waals surface area contributed by atoms with Crippen molar-refractivity contribution in [1.29, 1.82) is 0 Å². The van der Waals surface area contributed by atoms with Crippen LogP contribution in [0.2, 0.25) is 0 Å². The number of hydrogen-bond acceptors (Lipinski definition) is 4. The van der Waals surface area contributed by atoms with E-state index in [1.165, 1.54) is 23.4 Å². The van der Waals surface area contributed by atoms with Gasteiger partial charge in [0.15, 0.2) is 0 Å². The summed E-state index contributed by atoms with van der Waals surface area (Å²) in [6.45, 7) is 2.72. The molecule has 1 unspecified atom stereocenters. The fourth-order valence-corrected chi connectivity index (χ4v) is 2.44. The molecule has 2 rings (SSSR count). The lowest BCUT2D eigenvalue weighted by molar-refractivity contribution is 0.127. The van der Waals surface area contributed by atoms with Crippen molar-refractivity contribution in [1.82, 2.24) is 4.98 Å². The van der Waals surface area contributed by atoms with E-state index in [4.69, 9.17) is 5.90 Å². The number of rotatable bonds is 4. The van der Waals surface area contributed by atoms with Gasteiger partial charge in [-0.05, 0) is 12.8 Å². The van der Waals surface area contributed by atoms with Gasteiger partial charge in [0.25, 0.3) is 0 Å². The summed E-state index contributed by atoms with van der Waals surface area (Å²) >= 11 is 1.72. The maximum absolute atomic E-state index is 5.06. The standard InChI is InChI=1S/C9H14N2OS/c1-6(4-12-10)9-8(7-2-3-7)11-5-13-9/h5-7H,2-4,10H2,1H3. The minimum Gasteiger partial charge on any atom is -0.304 e. The van der Waals surface area contributed by atoms with Crippen LogP contribution < -0.4 is 5.90 Å². The predicted molar refractivity (Wildman–Crippen MR) is 52.6 cm³/mol. The molecule has 0 spiro atoms. The van der Waals surface area contributed by atoms with E-state index in [2.05, 4.69) is 16.7 Å². The van der Waals surface area contributed by atoms with Gasteiger partial charge in [0.05, 0.1) is 17.8 Å². The quantitative estimate of drug-likeness (QED) is 0.753. The highest BCUT2D eigenvalue weighted by atomic mass is 32.1. The Hall–Kier alpha value is -0.450. The molecule has 3 nitrogen and oxygen atoms in total. The molecule has 72 valence electrons. The first-order chi connectivity index (χ1) is 6.33. The third kappa shape index (κ3) is 1.90. The minimum atomic E-state index is 0.382. The van der Waals surface area contributed by atoms with Gasteiger partial charge in [-0.1, -0.05) is 6.92 Å². The second kappa shape index (κ2) is 3.74. The SMILES string of the molecule is CC(CON)c1scnc1C1CC1. The van der Waals surface area contributed by atoms with Crippen LogP contribution in [0.4, 0.5) is 0 Å². The lowest BCUT2D eigenvalue weighted by atomic mass is 10.1. The molecule has 1 atom stereocenters. The molecule has 0 amide bonds. The number of nitrogens with two attached hydrogens (primary N) is 1. The molecule has 4 heteroatoms. The van der Waals surface area contributed by atoms with Gasteiger partial charge in [0, 0.05) is 16.7 Å². The maximum Gasteiger partial charge on any atom is 0.0797 e. The molecule has 2 N–H and O–H groups in total. The van der Waals surface area contributed by atoms with Gasteiger partial charge in [-0.15, -0.1) is 11.3 Å². The first-order valence-corrected chi connectivity index (χ1v) is 5.46. The number of nitrogens with zero attached hydrogens (tertiary/aromatic N) is 1. The van der Waals surface area contributed by atoms with Crippen molar-refractivity contribution in [3.8, 4) is 0 Å². The van der Waals surface area contributed by atoms with Crippen molar-refractivity contribution in [2.75, 3.05) is 6.61 Å². The molecule has 1 fully saturated rings. The molecule has 1 heterocycles. The fourth-order valence-electron chi connectivity index (χ4n) is 1.52. The van der Waals surface area contributed by atoms with Gasteiger partial charge < -0.3 is 4.84 Å². The summed E-state index contributed by atoms with van der Waals surface area (Å²) in [6, 6.07) is 0. The summed E-state index contributed by atoms with van der Waals surface area (Å²) in [4.78, 5) is 10.4. The van der Waals surface area contributed by atoms with E-state index in [9.17, 15) is 0 Å². The lowest BCUT2D eigenvalue weighted by Gasteiger charge is -2.08. The molecule has 0 saturated heterocycles. The van der Waals surface area contributed by atoms with Gasteiger partial charge in [-0.25, -0.2) is 10.9 Å². The van der Waals surface area contributed by atoms with Crippen molar-refractivity contribution in [3.05, 3.63) is 16.1 Å². The first kappa shape index (κ1) is 9.12. The minimum absolute atomic E-state index is 0.382. The Balaban J connectivity index is 2.13. The van der Waals surface area contributed by atoms with Crippen LogP contribution in [-0.2, 0) is 4.84 Å². The highest BCUT2D eigenvalue weighted by Crippen LogP contribution is 2.43. The first-order valence-electron chi connectivity index (χ1n) is 4.58. The average Bonchev–Trinajstić information content (AvgIpc) is 2.84. The van der Waals surface area contributed by atoms with Gasteiger partial charge in [-0.2, -0.15) is 0 Å². The lowest BCUT2D eigenvalue weighted by Crippen LogP contribution is -2.08. The van der Waals surface area contributed by atoms with Gasteiger partial charge in [-0.3, -0.25) is 0 Å². The molecule has 1 aromatic heterocycles. The molecule has 13 heavy (non-hydrogen) atoms. The van der Waals surface area contributed by atoms with Crippen LogP contribution in [0.1, 0.15) is 42.2 Å². The number of hydrogen-bond donors (Lipinski definition) is 1. The highest BCUT2D eigenvalue weighted by Gasteiger charge is 2.29. The molecule has 0 aliphatic heterocycles. The summed E-state index contributed by atoms with van der Waals surface area (Å²) in [5, 5.41) is 0. The zero-order chi connectivity index (χ0) is 9.26. The second-order valence-corrected chi connectivity index (χ2v) is 4.50. The number of aromatic nitrogens is 1. The molecule has 1 saturated carbocycles. The Kier molecular flexibility index (Phi) is 2.62. The van der Waals surface area contributed by atoms with Crippen molar-refractivity contribution < 1.29 is 4.84 Å². The normalized spacial score (nSPS) is 18.9. The zero-order valence-electron chi connectivity index (χ0n) is 7.69. The molecule has 1 aliphatic rings. The summed E-state index contributed by atoms with van der Waals surface area (Å²) in [5.74, 6) is 6.17. The van der Waals surface area contributed by atoms with E-state index in [1.807, 2.05) is 5.51 Å². The van der Waals surface area contributed by atoms with Crippen LogP contribution in [0.5, 0.6) is 0 Å². The zero-order valence-corrected chi connectivity index (χ0v) is 8.51. The van der Waals surface area contributed by atoms with Crippen LogP contribution in [0.25, 0.3) is 0 Å². The molecular formula is C9H14N2OS. The van der Waals surface area contributed by atoms with E-state index in [-0.39, 0.29) is 0 Å². The summed E-state index contributed by atoms with van der Waals surface area (Å²) in [5.41, 5.74) is 3.21. The van der Waals surface area contributed by atoms with Crippen LogP contribution in [0, 0.1) is 0 Å². The predicted octanol–water partition coefficient (Wildman–Crippen LogP) is 2.01. The topological polar surface area (TPSA) is 48.1 Å². The van der Waals surface area contributed by atoms with Crippen LogP contribution in [0.3, 0.4) is 0 Å². The van der Waals surface area contributed by atoms with E-state index < -0.39 is 0 Å². The van der Waals surface area contributed by atoms with E-state index in [0.717, 1.165) is 5.92 Å². The number of thiazole rings is 1. The summed E-state index contributed by atoms with van der Waals surface area (Å²) in [7, 11) is 0. The Morgan fingerprint density at radius 1 is 1.77 bits per heavy atom. The molecule has 0 radical (unpaired) electrons. The summed E-state index contributed by atoms with van der Waals surface area (Å²) in [6.07, 6.45) is 2.60. The molecule has 1 aliphatic carbocycles. The monoisotopic (exact) mass is 198 g/mol. The van der Waals surface area contributed by atoms with Gasteiger partial charge in [0.2, 0.25) is 0 Å². The third-order valence-electron chi connectivity index (χ3n) is 2.38. The molecule has 0 bridgehead atoms. The Morgan fingerprint density at radius 3 is 3.15 bits per heavy atom. The third-order valence-corrected chi connectivity index (χ3v) is 3.46. The Morgan fingerprint density at radius 2 is 2.54 bits per heavy atom. The fraction of sp³-hybridized carbons (Fsp3) is 0.667. The van der Waals surface area contributed by atoms with Gasteiger partial charge in [0.1, 0.15) is 0 Å². The highest BCUT2D eigenvalue weighted by molar-refractivity contribution is 7.09. The van der Waals surface area contributed by atoms with Crippen LogP contribution >= 0.6 is 11.3 Å². The van der Waals surface area contributed by atoms with E-state index in [0.29, 0.717) is 12.5 Å². The van der Waals surface area contributed by atoms with Crippen molar-refractivity contribution in [3.63, 3.8) is 0 Å². The average molecular weight is 198 g/mol. The van der Waals surface area contributed by atoms with Crippen LogP contribution in [-0.4, -0.2) is 11.6 Å². The van der Waals surface area contributed by atoms with Crippen LogP contribution in [0.15, 0.2) is 5.51 Å².